The summed E-state index contributed by atoms with van der Waals surface area (Å²) in [6.45, 7) is 0.725. The van der Waals surface area contributed by atoms with Crippen LogP contribution in [0.4, 0.5) is 11.4 Å². The third-order valence-electron chi connectivity index (χ3n) is 4.86. The minimum Gasteiger partial charge on any atom is -0.355 e. The zero-order valence-electron chi connectivity index (χ0n) is 16.4. The number of amides is 3. The fourth-order valence-corrected chi connectivity index (χ4v) is 3.69. The summed E-state index contributed by atoms with van der Waals surface area (Å²) in [7, 11) is 1.56. The predicted octanol–water partition coefficient (Wildman–Crippen LogP) is 3.39. The van der Waals surface area contributed by atoms with Crippen LogP contribution in [0.1, 0.15) is 23.2 Å². The quantitative estimate of drug-likeness (QED) is 0.631. The Labute approximate surface area is 184 Å². The molecule has 1 saturated heterocycles. The highest BCUT2D eigenvalue weighted by atomic mass is 35.5. The molecule has 9 heteroatoms. The van der Waals surface area contributed by atoms with E-state index in [2.05, 4.69) is 16.0 Å². The summed E-state index contributed by atoms with van der Waals surface area (Å²) in [6, 6.07) is 11.0. The van der Waals surface area contributed by atoms with Crippen LogP contribution in [0.2, 0.25) is 10.0 Å². The van der Waals surface area contributed by atoms with Gasteiger partial charge in [-0.05, 0) is 61.9 Å². The maximum Gasteiger partial charge on any atom is 0.251 e. The van der Waals surface area contributed by atoms with Crippen LogP contribution in [-0.4, -0.2) is 48.8 Å². The van der Waals surface area contributed by atoms with Crippen LogP contribution in [0, 0.1) is 0 Å². The highest BCUT2D eigenvalue weighted by Crippen LogP contribution is 2.27. The van der Waals surface area contributed by atoms with E-state index >= 15 is 0 Å². The number of anilines is 2. The number of nitrogens with one attached hydrogen (secondary N) is 3. The Morgan fingerprint density at radius 2 is 1.80 bits per heavy atom. The van der Waals surface area contributed by atoms with Gasteiger partial charge < -0.3 is 16.0 Å². The second kappa shape index (κ2) is 9.93. The first-order valence-corrected chi connectivity index (χ1v) is 10.2. The molecule has 3 amide bonds. The van der Waals surface area contributed by atoms with Gasteiger partial charge in [0, 0.05) is 23.3 Å². The number of halogens is 2. The van der Waals surface area contributed by atoms with E-state index in [1.807, 2.05) is 4.90 Å². The van der Waals surface area contributed by atoms with E-state index in [1.54, 1.807) is 49.5 Å². The zero-order chi connectivity index (χ0) is 21.7. The fourth-order valence-electron chi connectivity index (χ4n) is 3.36. The lowest BCUT2D eigenvalue weighted by molar-refractivity contribution is -0.122. The second-order valence-corrected chi connectivity index (χ2v) is 7.79. The highest BCUT2D eigenvalue weighted by molar-refractivity contribution is 6.35. The molecule has 0 radical (unpaired) electrons. The molecule has 1 unspecified atom stereocenters. The molecule has 0 aliphatic carbocycles. The smallest absolute Gasteiger partial charge is 0.251 e. The first-order chi connectivity index (χ1) is 14.4. The summed E-state index contributed by atoms with van der Waals surface area (Å²) >= 11 is 12.1. The molecule has 2 aromatic carbocycles. The van der Waals surface area contributed by atoms with Gasteiger partial charge in [-0.3, -0.25) is 19.3 Å². The zero-order valence-corrected chi connectivity index (χ0v) is 17.9. The van der Waals surface area contributed by atoms with Crippen LogP contribution >= 0.6 is 23.2 Å². The predicted molar refractivity (Wildman–Crippen MR) is 118 cm³/mol. The van der Waals surface area contributed by atoms with Crippen molar-refractivity contribution in [1.82, 2.24) is 10.2 Å². The molecule has 7 nitrogen and oxygen atoms in total. The third kappa shape index (κ3) is 5.50. The lowest BCUT2D eigenvalue weighted by atomic mass is 10.2. The normalized spacial score (nSPS) is 16.2. The number of hydrogen-bond acceptors (Lipinski definition) is 4. The molecule has 30 heavy (non-hydrogen) atoms. The highest BCUT2D eigenvalue weighted by Gasteiger charge is 2.32. The van der Waals surface area contributed by atoms with Crippen molar-refractivity contribution in [2.24, 2.45) is 0 Å². The van der Waals surface area contributed by atoms with E-state index in [0.717, 1.165) is 6.42 Å². The minimum absolute atomic E-state index is 0.0819. The van der Waals surface area contributed by atoms with Gasteiger partial charge in [-0.25, -0.2) is 0 Å². The van der Waals surface area contributed by atoms with Gasteiger partial charge in [0.1, 0.15) is 0 Å². The van der Waals surface area contributed by atoms with E-state index in [9.17, 15) is 14.4 Å². The molecule has 158 valence electrons. The molecule has 3 N–H and O–H groups in total. The summed E-state index contributed by atoms with van der Waals surface area (Å²) in [6.07, 6.45) is 1.47. The summed E-state index contributed by atoms with van der Waals surface area (Å²) in [4.78, 5) is 38.6. The van der Waals surface area contributed by atoms with Gasteiger partial charge in [-0.2, -0.15) is 0 Å². The van der Waals surface area contributed by atoms with Gasteiger partial charge >= 0.3 is 0 Å². The topological polar surface area (TPSA) is 90.5 Å². The van der Waals surface area contributed by atoms with Gasteiger partial charge in [0.2, 0.25) is 11.8 Å². The molecule has 1 atom stereocenters. The van der Waals surface area contributed by atoms with Crippen LogP contribution in [0.3, 0.4) is 0 Å². The summed E-state index contributed by atoms with van der Waals surface area (Å²) in [5.41, 5.74) is 1.53. The second-order valence-electron chi connectivity index (χ2n) is 6.95. The Kier molecular flexibility index (Phi) is 7.31. The van der Waals surface area contributed by atoms with Crippen LogP contribution in [0.5, 0.6) is 0 Å². The number of nitrogens with zero attached hydrogens (tertiary/aromatic N) is 1. The van der Waals surface area contributed by atoms with Crippen LogP contribution < -0.4 is 16.0 Å². The molecule has 1 heterocycles. The molecule has 0 aromatic heterocycles. The first kappa shape index (κ1) is 22.1. The molecule has 1 fully saturated rings. The number of hydrogen-bond donors (Lipinski definition) is 3. The van der Waals surface area contributed by atoms with Crippen molar-refractivity contribution in [2.75, 3.05) is 30.8 Å². The van der Waals surface area contributed by atoms with Crippen molar-refractivity contribution in [3.63, 3.8) is 0 Å². The van der Waals surface area contributed by atoms with Crippen LogP contribution in [-0.2, 0) is 9.59 Å². The molecule has 1 aliphatic heterocycles. The van der Waals surface area contributed by atoms with E-state index in [-0.39, 0.29) is 24.3 Å². The molecule has 0 saturated carbocycles. The van der Waals surface area contributed by atoms with Crippen molar-refractivity contribution in [2.45, 2.75) is 18.9 Å². The number of carbonyl (C=O) groups excluding carboxylic acids is 3. The Balaban J connectivity index is 1.58. The molecule has 1 aliphatic rings. The van der Waals surface area contributed by atoms with Gasteiger partial charge in [0.05, 0.1) is 23.3 Å². The molecule has 3 rings (SSSR count). The molecule has 0 bridgehead atoms. The average molecular weight is 449 g/mol. The van der Waals surface area contributed by atoms with Crippen molar-refractivity contribution < 1.29 is 14.4 Å². The van der Waals surface area contributed by atoms with Gasteiger partial charge in [0.25, 0.3) is 5.91 Å². The summed E-state index contributed by atoms with van der Waals surface area (Å²) < 4.78 is 0. The Bertz CT molecular complexity index is 950. The van der Waals surface area contributed by atoms with Crippen molar-refractivity contribution >= 4 is 52.3 Å². The minimum atomic E-state index is -0.429. The Morgan fingerprint density at radius 1 is 1.07 bits per heavy atom. The van der Waals surface area contributed by atoms with Gasteiger partial charge in [-0.15, -0.1) is 0 Å². The lowest BCUT2D eigenvalue weighted by Crippen LogP contribution is -2.43. The molecular weight excluding hydrogens is 427 g/mol. The Morgan fingerprint density at radius 3 is 2.50 bits per heavy atom. The maximum atomic E-state index is 12.7. The molecule has 0 spiro atoms. The molecular formula is C21H22Cl2N4O3. The largest absolute Gasteiger partial charge is 0.355 e. The average Bonchev–Trinajstić information content (AvgIpc) is 3.18. The fraction of sp³-hybridized carbons (Fsp3) is 0.286. The maximum absolute atomic E-state index is 12.7. The van der Waals surface area contributed by atoms with Crippen molar-refractivity contribution in [3.8, 4) is 0 Å². The van der Waals surface area contributed by atoms with Crippen LogP contribution in [0.25, 0.3) is 0 Å². The number of rotatable bonds is 6. The summed E-state index contributed by atoms with van der Waals surface area (Å²) in [5, 5.41) is 9.01. The van der Waals surface area contributed by atoms with Crippen molar-refractivity contribution in [1.29, 1.82) is 0 Å². The van der Waals surface area contributed by atoms with Crippen LogP contribution in [0.15, 0.2) is 42.5 Å². The molecule has 2 aromatic rings. The monoisotopic (exact) mass is 448 g/mol. The van der Waals surface area contributed by atoms with E-state index in [1.165, 1.54) is 0 Å². The van der Waals surface area contributed by atoms with Gasteiger partial charge in [-0.1, -0.05) is 23.2 Å². The first-order valence-electron chi connectivity index (χ1n) is 9.49. The third-order valence-corrected chi connectivity index (χ3v) is 5.42. The van der Waals surface area contributed by atoms with Crippen molar-refractivity contribution in [3.05, 3.63) is 58.1 Å². The standard InChI is InChI=1S/C21H22Cl2N4O3/c1-24-20(29)13-4-7-15(8-5-13)25-19(28)12-27-10-2-3-18(27)21(30)26-17-11-14(22)6-9-16(17)23/h4-9,11,18H,2-3,10,12H2,1H3,(H,24,29)(H,25,28)(H,26,30). The Hall–Kier alpha value is -2.61. The van der Waals surface area contributed by atoms with E-state index in [4.69, 9.17) is 23.2 Å². The number of likely N-dealkylation sites (tertiary alicyclic amines) is 1. The lowest BCUT2D eigenvalue weighted by Gasteiger charge is -2.23. The summed E-state index contributed by atoms with van der Waals surface area (Å²) in [5.74, 6) is -0.652. The SMILES string of the molecule is CNC(=O)c1ccc(NC(=O)CN2CCCC2C(=O)Nc2cc(Cl)ccc2Cl)cc1. The van der Waals surface area contributed by atoms with E-state index < -0.39 is 6.04 Å². The van der Waals surface area contributed by atoms with E-state index in [0.29, 0.717) is 39.9 Å². The number of carbonyl (C=O) groups is 3. The number of benzene rings is 2. The van der Waals surface area contributed by atoms with Gasteiger partial charge in [0.15, 0.2) is 0 Å².